The van der Waals surface area contributed by atoms with Gasteiger partial charge in [0, 0.05) is 26.7 Å². The molecule has 0 aliphatic carbocycles. The SMILES string of the molecule is CN=C(NCCc1cc(C)ccc1OC)NCc1cccc(CN(C)C)c1.I. The number of hydrogen-bond acceptors (Lipinski definition) is 3. The zero-order valence-corrected chi connectivity index (χ0v) is 19.9. The van der Waals surface area contributed by atoms with E-state index in [0.717, 1.165) is 37.8 Å². The molecule has 6 heteroatoms. The van der Waals surface area contributed by atoms with E-state index < -0.39 is 0 Å². The van der Waals surface area contributed by atoms with E-state index in [1.807, 2.05) is 6.07 Å². The molecule has 0 heterocycles. The molecule has 0 radical (unpaired) electrons. The molecule has 5 nitrogen and oxygen atoms in total. The lowest BCUT2D eigenvalue weighted by molar-refractivity contribution is 0.402. The Hall–Kier alpha value is -1.80. The van der Waals surface area contributed by atoms with Crippen LogP contribution in [0.15, 0.2) is 47.5 Å². The van der Waals surface area contributed by atoms with Crippen LogP contribution in [0.2, 0.25) is 0 Å². The molecule has 2 aromatic carbocycles. The fourth-order valence-corrected chi connectivity index (χ4v) is 3.03. The van der Waals surface area contributed by atoms with E-state index in [1.54, 1.807) is 14.2 Å². The van der Waals surface area contributed by atoms with Gasteiger partial charge in [-0.05, 0) is 50.2 Å². The number of ether oxygens (including phenoxy) is 1. The minimum Gasteiger partial charge on any atom is -0.496 e. The van der Waals surface area contributed by atoms with Gasteiger partial charge in [-0.2, -0.15) is 0 Å². The van der Waals surface area contributed by atoms with Crippen molar-refractivity contribution in [3.8, 4) is 5.75 Å². The molecule has 0 unspecified atom stereocenters. The largest absolute Gasteiger partial charge is 0.496 e. The van der Waals surface area contributed by atoms with Gasteiger partial charge >= 0.3 is 0 Å². The van der Waals surface area contributed by atoms with Gasteiger partial charge in [0.15, 0.2) is 5.96 Å². The number of methoxy groups -OCH3 is 1. The van der Waals surface area contributed by atoms with Gasteiger partial charge in [0.1, 0.15) is 5.75 Å². The number of halogens is 1. The van der Waals surface area contributed by atoms with Gasteiger partial charge in [0.25, 0.3) is 0 Å². The van der Waals surface area contributed by atoms with Crippen LogP contribution in [0.1, 0.15) is 22.3 Å². The van der Waals surface area contributed by atoms with Crippen molar-refractivity contribution in [1.29, 1.82) is 0 Å². The lowest BCUT2D eigenvalue weighted by Crippen LogP contribution is -2.37. The van der Waals surface area contributed by atoms with Crippen LogP contribution in [0.3, 0.4) is 0 Å². The minimum atomic E-state index is 0. The Morgan fingerprint density at radius 1 is 1.07 bits per heavy atom. The minimum absolute atomic E-state index is 0. The second-order valence-electron chi connectivity index (χ2n) is 6.98. The number of aryl methyl sites for hydroxylation is 1. The third-order valence-corrected chi connectivity index (χ3v) is 4.30. The summed E-state index contributed by atoms with van der Waals surface area (Å²) < 4.78 is 5.45. The Morgan fingerprint density at radius 2 is 1.82 bits per heavy atom. The topological polar surface area (TPSA) is 48.9 Å². The van der Waals surface area contributed by atoms with Crippen molar-refractivity contribution in [2.45, 2.75) is 26.4 Å². The Bertz CT molecular complexity index is 762. The van der Waals surface area contributed by atoms with Crippen molar-refractivity contribution in [2.75, 3.05) is 34.8 Å². The highest BCUT2D eigenvalue weighted by Crippen LogP contribution is 2.19. The van der Waals surface area contributed by atoms with Crippen molar-refractivity contribution in [3.05, 3.63) is 64.7 Å². The molecule has 0 bridgehead atoms. The van der Waals surface area contributed by atoms with Gasteiger partial charge in [-0.15, -0.1) is 24.0 Å². The zero-order chi connectivity index (χ0) is 19.6. The summed E-state index contributed by atoms with van der Waals surface area (Å²) in [5.74, 6) is 1.74. The first kappa shape index (κ1) is 24.2. The number of guanidine groups is 1. The zero-order valence-electron chi connectivity index (χ0n) is 17.6. The van der Waals surface area contributed by atoms with E-state index >= 15 is 0 Å². The van der Waals surface area contributed by atoms with Crippen LogP contribution in [-0.4, -0.2) is 45.7 Å². The molecule has 0 atom stereocenters. The first-order chi connectivity index (χ1) is 13.0. The van der Waals surface area contributed by atoms with E-state index in [4.69, 9.17) is 4.74 Å². The monoisotopic (exact) mass is 496 g/mol. The van der Waals surface area contributed by atoms with Crippen molar-refractivity contribution < 1.29 is 4.74 Å². The number of hydrogen-bond donors (Lipinski definition) is 2. The molecule has 0 aliphatic heterocycles. The maximum absolute atomic E-state index is 5.45. The van der Waals surface area contributed by atoms with Crippen LogP contribution in [-0.2, 0) is 19.5 Å². The summed E-state index contributed by atoms with van der Waals surface area (Å²) in [6.07, 6.45) is 0.879. The van der Waals surface area contributed by atoms with Gasteiger partial charge in [-0.1, -0.05) is 42.0 Å². The lowest BCUT2D eigenvalue weighted by atomic mass is 10.1. The lowest BCUT2D eigenvalue weighted by Gasteiger charge is -2.14. The molecular weight excluding hydrogens is 463 g/mol. The number of rotatable bonds is 8. The van der Waals surface area contributed by atoms with Crippen LogP contribution in [0, 0.1) is 6.92 Å². The second kappa shape index (κ2) is 12.6. The van der Waals surface area contributed by atoms with Crippen molar-refractivity contribution >= 4 is 29.9 Å². The predicted molar refractivity (Wildman–Crippen MR) is 129 cm³/mol. The summed E-state index contributed by atoms with van der Waals surface area (Å²) >= 11 is 0. The quantitative estimate of drug-likeness (QED) is 0.333. The Kier molecular flexibility index (Phi) is 10.9. The molecular formula is C22H33IN4O. The molecule has 2 aromatic rings. The maximum Gasteiger partial charge on any atom is 0.191 e. The fraction of sp³-hybridized carbons (Fsp3) is 0.409. The van der Waals surface area contributed by atoms with E-state index in [1.165, 1.54) is 22.3 Å². The molecule has 28 heavy (non-hydrogen) atoms. The summed E-state index contributed by atoms with van der Waals surface area (Å²) in [5, 5.41) is 6.77. The van der Waals surface area contributed by atoms with Crippen LogP contribution < -0.4 is 15.4 Å². The van der Waals surface area contributed by atoms with Gasteiger partial charge in [0.05, 0.1) is 7.11 Å². The van der Waals surface area contributed by atoms with Gasteiger partial charge in [-0.3, -0.25) is 4.99 Å². The highest BCUT2D eigenvalue weighted by molar-refractivity contribution is 14.0. The van der Waals surface area contributed by atoms with Crippen LogP contribution in [0.25, 0.3) is 0 Å². The first-order valence-corrected chi connectivity index (χ1v) is 9.32. The molecule has 0 amide bonds. The third-order valence-electron chi connectivity index (χ3n) is 4.30. The molecule has 0 saturated heterocycles. The summed E-state index contributed by atoms with van der Waals surface area (Å²) in [4.78, 5) is 6.49. The summed E-state index contributed by atoms with van der Waals surface area (Å²) in [5.41, 5.74) is 5.01. The molecule has 2 rings (SSSR count). The standard InChI is InChI=1S/C22H32N4O.HI/c1-17-9-10-21(27-5)20(13-17)11-12-24-22(23-2)25-15-18-7-6-8-19(14-18)16-26(3)4;/h6-10,13-14H,11-12,15-16H2,1-5H3,(H2,23,24,25);1H. The fourth-order valence-electron chi connectivity index (χ4n) is 3.03. The van der Waals surface area contributed by atoms with E-state index in [0.29, 0.717) is 0 Å². The average Bonchev–Trinajstić information content (AvgIpc) is 2.64. The molecule has 0 aromatic heterocycles. The van der Waals surface area contributed by atoms with Gasteiger partial charge < -0.3 is 20.3 Å². The summed E-state index contributed by atoms with van der Waals surface area (Å²) in [7, 11) is 7.68. The Morgan fingerprint density at radius 3 is 2.50 bits per heavy atom. The summed E-state index contributed by atoms with van der Waals surface area (Å²) in [6, 6.07) is 14.9. The molecule has 2 N–H and O–H groups in total. The number of nitrogens with zero attached hydrogens (tertiary/aromatic N) is 2. The van der Waals surface area contributed by atoms with Crippen LogP contribution >= 0.6 is 24.0 Å². The summed E-state index contributed by atoms with van der Waals surface area (Å²) in [6.45, 7) is 4.58. The Labute approximate surface area is 186 Å². The van der Waals surface area contributed by atoms with Crippen molar-refractivity contribution in [3.63, 3.8) is 0 Å². The van der Waals surface area contributed by atoms with Gasteiger partial charge in [0.2, 0.25) is 0 Å². The second-order valence-corrected chi connectivity index (χ2v) is 6.98. The number of nitrogens with one attached hydrogen (secondary N) is 2. The maximum atomic E-state index is 5.45. The molecule has 0 spiro atoms. The predicted octanol–water partition coefficient (Wildman–Crippen LogP) is 3.59. The highest BCUT2D eigenvalue weighted by atomic mass is 127. The number of aliphatic imine (C=N–C) groups is 1. The van der Waals surface area contributed by atoms with Crippen molar-refractivity contribution in [2.24, 2.45) is 4.99 Å². The smallest absolute Gasteiger partial charge is 0.191 e. The van der Waals surface area contributed by atoms with Gasteiger partial charge in [-0.25, -0.2) is 0 Å². The first-order valence-electron chi connectivity index (χ1n) is 9.32. The Balaban J connectivity index is 0.00000392. The highest BCUT2D eigenvalue weighted by Gasteiger charge is 2.05. The van der Waals surface area contributed by atoms with Crippen molar-refractivity contribution in [1.82, 2.24) is 15.5 Å². The van der Waals surface area contributed by atoms with E-state index in [9.17, 15) is 0 Å². The molecule has 0 fully saturated rings. The molecule has 0 aliphatic rings. The molecule has 154 valence electrons. The van der Waals surface area contributed by atoms with Crippen LogP contribution in [0.4, 0.5) is 0 Å². The van der Waals surface area contributed by atoms with E-state index in [-0.39, 0.29) is 24.0 Å². The molecule has 0 saturated carbocycles. The normalized spacial score (nSPS) is 11.1. The van der Waals surface area contributed by atoms with Crippen LogP contribution in [0.5, 0.6) is 5.75 Å². The average molecular weight is 496 g/mol. The number of benzene rings is 2. The van der Waals surface area contributed by atoms with E-state index in [2.05, 4.69) is 77.9 Å². The third kappa shape index (κ3) is 8.06.